The highest BCUT2D eigenvalue weighted by atomic mass is 16.6. The summed E-state index contributed by atoms with van der Waals surface area (Å²) in [7, 11) is 2.81. The van der Waals surface area contributed by atoms with E-state index in [0.717, 1.165) is 0 Å². The Morgan fingerprint density at radius 3 is 0.415 bits per heavy atom. The van der Waals surface area contributed by atoms with Gasteiger partial charge in [-0.05, 0) is 128 Å². The van der Waals surface area contributed by atoms with Gasteiger partial charge >= 0.3 is 0 Å². The number of benzene rings is 10. The second-order valence-corrected chi connectivity index (χ2v) is 21.3. The first-order valence-corrected chi connectivity index (χ1v) is 31.0. The predicted octanol–water partition coefficient (Wildman–Crippen LogP) is 17.8. The van der Waals surface area contributed by atoms with E-state index in [1.165, 1.54) is 82.0 Å². The second-order valence-electron chi connectivity index (χ2n) is 21.3. The van der Waals surface area contributed by atoms with Gasteiger partial charge in [-0.25, -0.2) is 11.8 Å². The molecule has 16 heteroatoms. The van der Waals surface area contributed by atoms with Crippen LogP contribution in [0, 0.1) is 0 Å². The van der Waals surface area contributed by atoms with E-state index < -0.39 is 0 Å². The summed E-state index contributed by atoms with van der Waals surface area (Å²) in [6.45, 7) is 29.4. The van der Waals surface area contributed by atoms with Crippen molar-refractivity contribution in [2.75, 3.05) is 14.2 Å². The van der Waals surface area contributed by atoms with E-state index in [4.69, 9.17) is 35.4 Å². The molecule has 10 aromatic rings. The third-order valence-corrected chi connectivity index (χ3v) is 13.6. The second kappa shape index (κ2) is 50.6. The van der Waals surface area contributed by atoms with E-state index in [2.05, 4.69) is 217 Å². The maximum Gasteiger partial charge on any atom is 0.146 e. The van der Waals surface area contributed by atoms with Crippen LogP contribution in [0.25, 0.3) is 21.5 Å². The van der Waals surface area contributed by atoms with Crippen molar-refractivity contribution in [2.24, 2.45) is 47.2 Å². The Labute approximate surface area is 563 Å². The molecule has 0 aliphatic heterocycles. The van der Waals surface area contributed by atoms with Crippen molar-refractivity contribution < 1.29 is 38.7 Å². The zero-order valence-corrected chi connectivity index (χ0v) is 57.9. The van der Waals surface area contributed by atoms with Gasteiger partial charge in [-0.1, -0.05) is 287 Å². The lowest BCUT2D eigenvalue weighted by atomic mass is 9.78. The van der Waals surface area contributed by atoms with Crippen LogP contribution in [0.1, 0.15) is 151 Å². The number of hydrogen-bond acceptors (Lipinski definition) is 16. The minimum atomic E-state index is -0.125. The molecule has 0 radical (unpaired) electrons. The monoisotopic (exact) mass is 1290 g/mol. The van der Waals surface area contributed by atoms with E-state index in [0.29, 0.717) is 34.5 Å². The molecule has 0 bridgehead atoms. The number of fused-ring (bicyclic) bond motifs is 2. The SMILES string of the molecule is C.CC.CC.CC(C)(c1ccc(ON)cc1)c1ccc(ON)cc1.CC(C)(c1ccc(ON)cc1)c1ccc(ON)cc1.CC(C)(c1ccc(ON)cc1)c1ccc(ON)cc1.CCC.CCC.CON.CON.c1ccc2ccccc2c1.c1ccc2ccccc2c1. The van der Waals surface area contributed by atoms with E-state index in [9.17, 15) is 0 Å². The molecule has 0 aliphatic rings. The van der Waals surface area contributed by atoms with Gasteiger partial charge in [0.05, 0.1) is 14.2 Å². The third-order valence-electron chi connectivity index (χ3n) is 13.6. The summed E-state index contributed by atoms with van der Waals surface area (Å²) in [6.07, 6.45) is 2.50. The normalized spacial score (nSPS) is 9.79. The Kier molecular flexibility index (Phi) is 47.0. The summed E-state index contributed by atoms with van der Waals surface area (Å²) in [5.41, 5.74) is 6.68. The van der Waals surface area contributed by atoms with Crippen molar-refractivity contribution in [3.63, 3.8) is 0 Å². The predicted molar refractivity (Wildman–Crippen MR) is 396 cm³/mol. The summed E-state index contributed by atoms with van der Waals surface area (Å²) in [6, 6.07) is 79.8. The highest BCUT2D eigenvalue weighted by Gasteiger charge is 2.25. The number of nitrogens with two attached hydrogens (primary N) is 8. The number of rotatable bonds is 12. The first-order chi connectivity index (χ1) is 44.8. The Morgan fingerprint density at radius 2 is 0.330 bits per heavy atom. The van der Waals surface area contributed by atoms with Crippen molar-refractivity contribution in [1.82, 2.24) is 0 Å². The molecule has 0 saturated carbocycles. The first-order valence-electron chi connectivity index (χ1n) is 31.0. The molecule has 16 N–H and O–H groups in total. The molecular formula is C78H112N8O8. The van der Waals surface area contributed by atoms with Crippen molar-refractivity contribution in [1.29, 1.82) is 0 Å². The van der Waals surface area contributed by atoms with Crippen LogP contribution >= 0.6 is 0 Å². The Bertz CT molecular complexity index is 2800. The molecule has 10 aromatic carbocycles. The minimum Gasteiger partial charge on any atom is -0.412 e. The number of hydrogen-bond donors (Lipinski definition) is 8. The summed E-state index contributed by atoms with van der Waals surface area (Å²) in [5.74, 6) is 43.3. The quantitative estimate of drug-likeness (QED) is 0.0528. The van der Waals surface area contributed by atoms with Crippen molar-refractivity contribution >= 4 is 21.5 Å². The van der Waals surface area contributed by atoms with Crippen molar-refractivity contribution in [2.45, 2.75) is 133 Å². The van der Waals surface area contributed by atoms with E-state index >= 15 is 0 Å². The molecule has 0 atom stereocenters. The Hall–Kier alpha value is -8.88. The summed E-state index contributed by atoms with van der Waals surface area (Å²) < 4.78 is 0. The topological polar surface area (TPSA) is 282 Å². The summed E-state index contributed by atoms with van der Waals surface area (Å²) in [4.78, 5) is 35.6. The first kappa shape index (κ1) is 87.2. The summed E-state index contributed by atoms with van der Waals surface area (Å²) >= 11 is 0. The molecule has 94 heavy (non-hydrogen) atoms. The molecule has 512 valence electrons. The minimum absolute atomic E-state index is 0. The van der Waals surface area contributed by atoms with E-state index in [1.54, 1.807) is 0 Å². The maximum atomic E-state index is 5.13. The van der Waals surface area contributed by atoms with Crippen molar-refractivity contribution in [3.8, 4) is 34.5 Å². The Morgan fingerprint density at radius 1 is 0.234 bits per heavy atom. The molecule has 0 saturated heterocycles. The van der Waals surface area contributed by atoms with Crippen LogP contribution in [0.5, 0.6) is 34.5 Å². The third kappa shape index (κ3) is 30.7. The van der Waals surface area contributed by atoms with Crippen LogP contribution in [-0.2, 0) is 25.9 Å². The molecular weight excluding hydrogens is 1180 g/mol. The van der Waals surface area contributed by atoms with Crippen LogP contribution in [0.2, 0.25) is 0 Å². The highest BCUT2D eigenvalue weighted by Crippen LogP contribution is 2.36. The fraction of sp³-hybridized carbons (Fsp3) is 0.282. The summed E-state index contributed by atoms with van der Waals surface area (Å²) in [5, 5.41) is 5.24. The van der Waals surface area contributed by atoms with E-state index in [-0.39, 0.29) is 23.7 Å². The molecule has 0 amide bonds. The fourth-order valence-corrected chi connectivity index (χ4v) is 8.47. The fourth-order valence-electron chi connectivity index (χ4n) is 8.47. The van der Waals surface area contributed by atoms with Gasteiger partial charge in [0.25, 0.3) is 0 Å². The van der Waals surface area contributed by atoms with Crippen LogP contribution in [-0.4, -0.2) is 14.2 Å². The average Bonchev–Trinajstić information content (AvgIpc) is 0.829. The molecule has 0 unspecified atom stereocenters. The molecule has 16 nitrogen and oxygen atoms in total. The molecule has 0 spiro atoms. The zero-order valence-electron chi connectivity index (χ0n) is 57.9. The average molecular weight is 1290 g/mol. The van der Waals surface area contributed by atoms with Gasteiger partial charge in [0.1, 0.15) is 34.5 Å². The van der Waals surface area contributed by atoms with Gasteiger partial charge in [0.15, 0.2) is 0 Å². The largest absolute Gasteiger partial charge is 0.412 e. The van der Waals surface area contributed by atoms with Gasteiger partial charge < -0.3 is 38.7 Å². The van der Waals surface area contributed by atoms with Crippen LogP contribution < -0.4 is 76.2 Å². The molecule has 0 aromatic heterocycles. The van der Waals surface area contributed by atoms with Crippen molar-refractivity contribution in [3.05, 3.63) is 276 Å². The standard InChI is InChI=1S/3C15H18N2O2.2C10H8.2C3H8.2C2H6.2CH5NO.CH4/c3*1-15(2,11-3-7-13(18-16)8-4-11)12-5-9-14(19-17)10-6-12;2*1-2-6-10-8-4-3-7-9(10)5-1;2*1-3-2;2*1-2;2*1-3-2;/h3*3-10H,16-17H2,1-2H3;2*1-8H;2*3H2,1-2H3;2*1-2H3;2*2H2,1H3;1H4. The molecule has 0 aliphatic carbocycles. The zero-order chi connectivity index (χ0) is 70.1. The lowest BCUT2D eigenvalue weighted by molar-refractivity contribution is 0.206. The van der Waals surface area contributed by atoms with Gasteiger partial charge in [-0.2, -0.15) is 35.4 Å². The molecule has 10 rings (SSSR count). The Balaban J connectivity index is 0. The van der Waals surface area contributed by atoms with Gasteiger partial charge in [-0.15, -0.1) is 0 Å². The molecule has 0 fully saturated rings. The maximum absolute atomic E-state index is 5.13. The van der Waals surface area contributed by atoms with Crippen LogP contribution in [0.4, 0.5) is 0 Å². The molecule has 0 heterocycles. The van der Waals surface area contributed by atoms with Crippen LogP contribution in [0.3, 0.4) is 0 Å². The van der Waals surface area contributed by atoms with Gasteiger partial charge in [-0.3, -0.25) is 0 Å². The van der Waals surface area contributed by atoms with Crippen LogP contribution in [0.15, 0.2) is 243 Å². The lowest BCUT2D eigenvalue weighted by Gasteiger charge is -2.26. The lowest BCUT2D eigenvalue weighted by Crippen LogP contribution is -2.19. The van der Waals surface area contributed by atoms with Gasteiger partial charge in [0, 0.05) is 16.2 Å². The van der Waals surface area contributed by atoms with Gasteiger partial charge in [0.2, 0.25) is 0 Å². The van der Waals surface area contributed by atoms with E-state index in [1.807, 2.05) is 173 Å². The highest BCUT2D eigenvalue weighted by molar-refractivity contribution is 5.82. The smallest absolute Gasteiger partial charge is 0.146 e.